The van der Waals surface area contributed by atoms with E-state index in [9.17, 15) is 4.79 Å². The molecule has 2 aromatic heterocycles. The molecule has 5 rings (SSSR count). The van der Waals surface area contributed by atoms with Gasteiger partial charge in [0.15, 0.2) is 17.0 Å². The molecule has 8 nitrogen and oxygen atoms in total. The van der Waals surface area contributed by atoms with Crippen LogP contribution in [0.3, 0.4) is 0 Å². The summed E-state index contributed by atoms with van der Waals surface area (Å²) in [5.41, 5.74) is 3.33. The number of nitrogens with zero attached hydrogens (tertiary/aromatic N) is 5. The van der Waals surface area contributed by atoms with Crippen molar-refractivity contribution >= 4 is 34.5 Å². The second-order valence-corrected chi connectivity index (χ2v) is 7.77. The standard InChI is InChI=1S/C24H25N7O/c32-20-13-7-15-30(20)16-8-14-25-22-21-23(31(17-26-21)19-11-5-2-6-12-19)29-24(28-22)27-18-9-3-1-4-10-18/h1-6,9-12,17H,7-8,13-16H2,(H2,25,27,28,29). The first kappa shape index (κ1) is 20.0. The molecule has 4 aromatic rings. The molecule has 2 aromatic carbocycles. The Bertz CT molecular complexity index is 1210. The van der Waals surface area contributed by atoms with E-state index in [4.69, 9.17) is 9.97 Å². The molecule has 0 bridgehead atoms. The lowest BCUT2D eigenvalue weighted by Gasteiger charge is -2.15. The first-order valence-electron chi connectivity index (χ1n) is 10.9. The maximum absolute atomic E-state index is 11.8. The summed E-state index contributed by atoms with van der Waals surface area (Å²) in [6.45, 7) is 2.32. The summed E-state index contributed by atoms with van der Waals surface area (Å²) >= 11 is 0. The normalized spacial score (nSPS) is 13.6. The largest absolute Gasteiger partial charge is 0.368 e. The van der Waals surface area contributed by atoms with Crippen LogP contribution >= 0.6 is 0 Å². The number of fused-ring (bicyclic) bond motifs is 1. The number of para-hydroxylation sites is 2. The van der Waals surface area contributed by atoms with Crippen molar-refractivity contribution in [3.63, 3.8) is 0 Å². The van der Waals surface area contributed by atoms with E-state index < -0.39 is 0 Å². The first-order valence-corrected chi connectivity index (χ1v) is 10.9. The molecule has 0 aliphatic carbocycles. The van der Waals surface area contributed by atoms with Crippen molar-refractivity contribution < 1.29 is 4.79 Å². The summed E-state index contributed by atoms with van der Waals surface area (Å²) in [5.74, 6) is 1.43. The van der Waals surface area contributed by atoms with Crippen LogP contribution in [-0.4, -0.2) is 50.0 Å². The van der Waals surface area contributed by atoms with Gasteiger partial charge in [-0.25, -0.2) is 4.98 Å². The van der Waals surface area contributed by atoms with E-state index in [1.54, 1.807) is 6.33 Å². The molecule has 1 fully saturated rings. The minimum absolute atomic E-state index is 0.255. The molecule has 0 spiro atoms. The molecule has 1 aliphatic heterocycles. The minimum atomic E-state index is 0.255. The molecule has 32 heavy (non-hydrogen) atoms. The predicted molar refractivity (Wildman–Crippen MR) is 125 cm³/mol. The third-order valence-corrected chi connectivity index (χ3v) is 5.53. The molecule has 0 saturated carbocycles. The predicted octanol–water partition coefficient (Wildman–Crippen LogP) is 3.98. The number of anilines is 3. The van der Waals surface area contributed by atoms with Crippen molar-refractivity contribution in [2.75, 3.05) is 30.3 Å². The molecule has 0 radical (unpaired) electrons. The van der Waals surface area contributed by atoms with Crippen molar-refractivity contribution in [2.24, 2.45) is 0 Å². The zero-order valence-corrected chi connectivity index (χ0v) is 17.7. The average molecular weight is 428 g/mol. The van der Waals surface area contributed by atoms with Gasteiger partial charge in [0.2, 0.25) is 11.9 Å². The fraction of sp³-hybridized carbons (Fsp3) is 0.250. The number of nitrogens with one attached hydrogen (secondary N) is 2. The van der Waals surface area contributed by atoms with E-state index in [0.717, 1.165) is 43.0 Å². The van der Waals surface area contributed by atoms with E-state index in [-0.39, 0.29) is 5.91 Å². The highest BCUT2D eigenvalue weighted by Crippen LogP contribution is 2.25. The summed E-state index contributed by atoms with van der Waals surface area (Å²) in [5, 5.41) is 6.70. The van der Waals surface area contributed by atoms with Crippen LogP contribution in [0.25, 0.3) is 16.9 Å². The van der Waals surface area contributed by atoms with Crippen molar-refractivity contribution in [3.05, 3.63) is 67.0 Å². The van der Waals surface area contributed by atoms with Gasteiger partial charge >= 0.3 is 0 Å². The molecule has 8 heteroatoms. The molecule has 3 heterocycles. The van der Waals surface area contributed by atoms with Crippen molar-refractivity contribution in [3.8, 4) is 5.69 Å². The van der Waals surface area contributed by atoms with Crippen molar-refractivity contribution in [1.29, 1.82) is 0 Å². The van der Waals surface area contributed by atoms with E-state index in [1.165, 1.54) is 0 Å². The van der Waals surface area contributed by atoms with E-state index >= 15 is 0 Å². The van der Waals surface area contributed by atoms with Gasteiger partial charge in [0.25, 0.3) is 0 Å². The Hall–Kier alpha value is -3.94. The molecule has 1 aliphatic rings. The second-order valence-electron chi connectivity index (χ2n) is 7.77. The molecule has 0 atom stereocenters. The first-order chi connectivity index (χ1) is 15.8. The fourth-order valence-electron chi connectivity index (χ4n) is 3.92. The lowest BCUT2D eigenvalue weighted by Crippen LogP contribution is -2.27. The molecular weight excluding hydrogens is 402 g/mol. The smallest absolute Gasteiger partial charge is 0.231 e. The number of amides is 1. The number of likely N-dealkylation sites (tertiary alicyclic amines) is 1. The fourth-order valence-corrected chi connectivity index (χ4v) is 3.92. The van der Waals surface area contributed by atoms with Crippen LogP contribution in [0, 0.1) is 0 Å². The van der Waals surface area contributed by atoms with Crippen LogP contribution in [0.4, 0.5) is 17.5 Å². The summed E-state index contributed by atoms with van der Waals surface area (Å²) < 4.78 is 1.96. The van der Waals surface area contributed by atoms with E-state index in [1.807, 2.05) is 70.1 Å². The number of aromatic nitrogens is 4. The quantitative estimate of drug-likeness (QED) is 0.414. The Balaban J connectivity index is 1.42. The maximum atomic E-state index is 11.8. The highest BCUT2D eigenvalue weighted by Gasteiger charge is 2.19. The van der Waals surface area contributed by atoms with Gasteiger partial charge in [-0.05, 0) is 37.1 Å². The monoisotopic (exact) mass is 427 g/mol. The summed E-state index contributed by atoms with van der Waals surface area (Å²) in [6, 6.07) is 19.9. The summed E-state index contributed by atoms with van der Waals surface area (Å²) in [6.07, 6.45) is 4.25. The molecule has 0 unspecified atom stereocenters. The van der Waals surface area contributed by atoms with Crippen molar-refractivity contribution in [2.45, 2.75) is 19.3 Å². The second kappa shape index (κ2) is 9.05. The topological polar surface area (TPSA) is 88.0 Å². The average Bonchev–Trinajstić information content (AvgIpc) is 3.44. The Morgan fingerprint density at radius 1 is 0.969 bits per heavy atom. The third kappa shape index (κ3) is 4.25. The summed E-state index contributed by atoms with van der Waals surface area (Å²) in [4.78, 5) is 27.8. The lowest BCUT2D eigenvalue weighted by molar-refractivity contribution is -0.127. The minimum Gasteiger partial charge on any atom is -0.368 e. The van der Waals surface area contributed by atoms with Gasteiger partial charge in [0.1, 0.15) is 6.33 Å². The summed E-state index contributed by atoms with van der Waals surface area (Å²) in [7, 11) is 0. The lowest BCUT2D eigenvalue weighted by atomic mass is 10.3. The van der Waals surface area contributed by atoms with Crippen LogP contribution in [-0.2, 0) is 4.79 Å². The van der Waals surface area contributed by atoms with Gasteiger partial charge in [0.05, 0.1) is 0 Å². The number of imidazole rings is 1. The zero-order chi connectivity index (χ0) is 21.8. The number of hydrogen-bond donors (Lipinski definition) is 2. The molecular formula is C24H25N7O. The van der Waals surface area contributed by atoms with Crippen molar-refractivity contribution in [1.82, 2.24) is 24.4 Å². The molecule has 1 saturated heterocycles. The van der Waals surface area contributed by atoms with Crippen LogP contribution in [0.1, 0.15) is 19.3 Å². The number of rotatable bonds is 8. The molecule has 1 amide bonds. The van der Waals surface area contributed by atoms with Crippen LogP contribution in [0.5, 0.6) is 0 Å². The molecule has 2 N–H and O–H groups in total. The Morgan fingerprint density at radius 3 is 2.50 bits per heavy atom. The van der Waals surface area contributed by atoms with Crippen LogP contribution in [0.15, 0.2) is 67.0 Å². The zero-order valence-electron chi connectivity index (χ0n) is 17.7. The van der Waals surface area contributed by atoms with Gasteiger partial charge in [-0.15, -0.1) is 0 Å². The third-order valence-electron chi connectivity index (χ3n) is 5.53. The van der Waals surface area contributed by atoms with Gasteiger partial charge in [-0.2, -0.15) is 9.97 Å². The van der Waals surface area contributed by atoms with Gasteiger partial charge < -0.3 is 15.5 Å². The Kier molecular flexibility index (Phi) is 5.65. The van der Waals surface area contributed by atoms with E-state index in [2.05, 4.69) is 15.6 Å². The number of hydrogen-bond acceptors (Lipinski definition) is 6. The highest BCUT2D eigenvalue weighted by atomic mass is 16.2. The number of carbonyl (C=O) groups is 1. The number of carbonyl (C=O) groups excluding carboxylic acids is 1. The number of benzene rings is 2. The Labute approximate surface area is 186 Å². The SMILES string of the molecule is O=C1CCCN1CCCNc1nc(Nc2ccccc2)nc2c1ncn2-c1ccccc1. The highest BCUT2D eigenvalue weighted by molar-refractivity contribution is 5.86. The maximum Gasteiger partial charge on any atom is 0.231 e. The van der Waals surface area contributed by atoms with Gasteiger partial charge in [0, 0.05) is 37.4 Å². The van der Waals surface area contributed by atoms with Gasteiger partial charge in [-0.1, -0.05) is 36.4 Å². The van der Waals surface area contributed by atoms with Crippen LogP contribution in [0.2, 0.25) is 0 Å². The van der Waals surface area contributed by atoms with Gasteiger partial charge in [-0.3, -0.25) is 9.36 Å². The molecule has 162 valence electrons. The van der Waals surface area contributed by atoms with Crippen LogP contribution < -0.4 is 10.6 Å². The van der Waals surface area contributed by atoms with E-state index in [0.29, 0.717) is 30.2 Å². The Morgan fingerprint density at radius 2 is 1.75 bits per heavy atom.